The Balaban J connectivity index is 1.79. The number of amides is 2. The zero-order valence-electron chi connectivity index (χ0n) is 14.6. The van der Waals surface area contributed by atoms with E-state index in [4.69, 9.17) is 0 Å². The molecule has 4 N–H and O–H groups in total. The third kappa shape index (κ3) is 5.95. The number of benzene rings is 1. The highest BCUT2D eigenvalue weighted by molar-refractivity contribution is 5.89. The van der Waals surface area contributed by atoms with Gasteiger partial charge in [-0.25, -0.2) is 4.79 Å². The predicted molar refractivity (Wildman–Crippen MR) is 99.2 cm³/mol. The average Bonchev–Trinajstić information content (AvgIpc) is 3.05. The Labute approximate surface area is 143 Å². The highest BCUT2D eigenvalue weighted by Crippen LogP contribution is 2.10. The lowest BCUT2D eigenvalue weighted by Crippen LogP contribution is -2.42. The van der Waals surface area contributed by atoms with Crippen LogP contribution in [0.2, 0.25) is 0 Å². The normalized spacial score (nSPS) is 14.8. The van der Waals surface area contributed by atoms with Crippen LogP contribution in [0.3, 0.4) is 0 Å². The summed E-state index contributed by atoms with van der Waals surface area (Å²) in [4.78, 5) is 15.9. The molecule has 24 heavy (non-hydrogen) atoms. The number of hydrogen-bond acceptors (Lipinski definition) is 2. The molecule has 0 saturated carbocycles. The molecule has 1 aliphatic rings. The van der Waals surface area contributed by atoms with E-state index in [9.17, 15) is 4.79 Å². The van der Waals surface area contributed by atoms with Gasteiger partial charge in [-0.1, -0.05) is 24.3 Å². The summed E-state index contributed by atoms with van der Waals surface area (Å²) in [6, 6.07) is 8.13. The Morgan fingerprint density at radius 3 is 2.46 bits per heavy atom. The van der Waals surface area contributed by atoms with Gasteiger partial charge in [-0.15, -0.1) is 0 Å². The van der Waals surface area contributed by atoms with Gasteiger partial charge in [0, 0.05) is 31.4 Å². The van der Waals surface area contributed by atoms with Gasteiger partial charge in [0.1, 0.15) is 0 Å². The summed E-state index contributed by atoms with van der Waals surface area (Å²) in [6.45, 7) is 4.53. The fourth-order valence-corrected chi connectivity index (χ4v) is 2.44. The van der Waals surface area contributed by atoms with Gasteiger partial charge in [-0.3, -0.25) is 4.99 Å². The predicted octanol–water partition coefficient (Wildman–Crippen LogP) is 2.60. The van der Waals surface area contributed by atoms with E-state index in [-0.39, 0.29) is 12.1 Å². The monoisotopic (exact) mass is 329 g/mol. The molecule has 0 spiro atoms. The van der Waals surface area contributed by atoms with E-state index >= 15 is 0 Å². The van der Waals surface area contributed by atoms with Crippen LogP contribution in [0.25, 0.3) is 0 Å². The maximum atomic E-state index is 11.7. The van der Waals surface area contributed by atoms with Gasteiger partial charge in [-0.2, -0.15) is 0 Å². The van der Waals surface area contributed by atoms with Crippen molar-refractivity contribution < 1.29 is 4.79 Å². The zero-order chi connectivity index (χ0) is 17.4. The van der Waals surface area contributed by atoms with Gasteiger partial charge in [0.15, 0.2) is 5.96 Å². The molecule has 0 saturated heterocycles. The number of guanidine groups is 1. The molecular weight excluding hydrogens is 302 g/mol. The number of rotatable bonds is 5. The minimum Gasteiger partial charge on any atom is -0.353 e. The van der Waals surface area contributed by atoms with Crippen LogP contribution in [0.1, 0.15) is 32.3 Å². The molecule has 1 aromatic rings. The minimum atomic E-state index is -0.189. The summed E-state index contributed by atoms with van der Waals surface area (Å²) in [5, 5.41) is 12.3. The number of carbonyl (C=O) groups is 1. The van der Waals surface area contributed by atoms with Crippen LogP contribution >= 0.6 is 0 Å². The molecule has 0 radical (unpaired) electrons. The van der Waals surface area contributed by atoms with Crippen molar-refractivity contribution in [3.63, 3.8) is 0 Å². The standard InChI is InChI=1S/C18H27N5O/c1-13(2)21-18(24)23-16-10-8-14(9-11-16)12-20-17(19-3)22-15-6-4-5-7-15/h4-5,8-11,13,15H,6-7,12H2,1-3H3,(H2,19,20,22)(H2,21,23,24). The van der Waals surface area contributed by atoms with Crippen LogP contribution < -0.4 is 21.3 Å². The lowest BCUT2D eigenvalue weighted by Gasteiger charge is -2.17. The second kappa shape index (κ2) is 8.96. The van der Waals surface area contributed by atoms with Gasteiger partial charge in [0.05, 0.1) is 0 Å². The summed E-state index contributed by atoms with van der Waals surface area (Å²) < 4.78 is 0. The van der Waals surface area contributed by atoms with Gasteiger partial charge in [0.2, 0.25) is 0 Å². The number of aliphatic imine (C=N–C) groups is 1. The van der Waals surface area contributed by atoms with E-state index in [2.05, 4.69) is 38.4 Å². The molecular formula is C18H27N5O. The minimum absolute atomic E-state index is 0.114. The third-order valence-corrected chi connectivity index (χ3v) is 3.66. The van der Waals surface area contributed by atoms with Crippen molar-refractivity contribution in [1.82, 2.24) is 16.0 Å². The summed E-state index contributed by atoms with van der Waals surface area (Å²) in [5.74, 6) is 0.808. The van der Waals surface area contributed by atoms with Crippen molar-refractivity contribution in [3.8, 4) is 0 Å². The van der Waals surface area contributed by atoms with Gasteiger partial charge >= 0.3 is 6.03 Å². The van der Waals surface area contributed by atoms with Crippen molar-refractivity contribution >= 4 is 17.7 Å². The maximum Gasteiger partial charge on any atom is 0.319 e. The Morgan fingerprint density at radius 2 is 1.88 bits per heavy atom. The van der Waals surface area contributed by atoms with Crippen molar-refractivity contribution in [2.24, 2.45) is 4.99 Å². The smallest absolute Gasteiger partial charge is 0.319 e. The molecule has 6 heteroatoms. The summed E-state index contributed by atoms with van der Waals surface area (Å²) in [7, 11) is 1.78. The highest BCUT2D eigenvalue weighted by atomic mass is 16.2. The Hall–Kier alpha value is -2.50. The molecule has 0 bridgehead atoms. The number of nitrogens with one attached hydrogen (secondary N) is 4. The van der Waals surface area contributed by atoms with E-state index in [1.807, 2.05) is 38.1 Å². The molecule has 2 rings (SSSR count). The molecule has 1 aliphatic carbocycles. The molecule has 1 aromatic carbocycles. The van der Waals surface area contributed by atoms with Crippen LogP contribution in [0, 0.1) is 0 Å². The number of carbonyl (C=O) groups excluding carboxylic acids is 1. The molecule has 0 fully saturated rings. The van der Waals surface area contributed by atoms with Crippen LogP contribution in [0.4, 0.5) is 10.5 Å². The molecule has 0 unspecified atom stereocenters. The zero-order valence-corrected chi connectivity index (χ0v) is 14.6. The molecule has 0 heterocycles. The van der Waals surface area contributed by atoms with Gasteiger partial charge in [0.25, 0.3) is 0 Å². The van der Waals surface area contributed by atoms with E-state index in [0.29, 0.717) is 12.6 Å². The summed E-state index contributed by atoms with van der Waals surface area (Å²) in [6.07, 6.45) is 6.46. The molecule has 2 amide bonds. The van der Waals surface area contributed by atoms with Crippen molar-refractivity contribution in [1.29, 1.82) is 0 Å². The molecule has 130 valence electrons. The molecule has 6 nitrogen and oxygen atoms in total. The van der Waals surface area contributed by atoms with E-state index in [1.54, 1.807) is 7.05 Å². The molecule has 0 aromatic heterocycles. The fraction of sp³-hybridized carbons (Fsp3) is 0.444. The van der Waals surface area contributed by atoms with Crippen molar-refractivity contribution in [3.05, 3.63) is 42.0 Å². The number of nitrogens with zero attached hydrogens (tertiary/aromatic N) is 1. The fourth-order valence-electron chi connectivity index (χ4n) is 2.44. The second-order valence-corrected chi connectivity index (χ2v) is 6.16. The largest absolute Gasteiger partial charge is 0.353 e. The lowest BCUT2D eigenvalue weighted by atomic mass is 10.2. The number of urea groups is 1. The first-order valence-electron chi connectivity index (χ1n) is 8.35. The van der Waals surface area contributed by atoms with Gasteiger partial charge < -0.3 is 21.3 Å². The Morgan fingerprint density at radius 1 is 1.21 bits per heavy atom. The van der Waals surface area contributed by atoms with E-state index < -0.39 is 0 Å². The van der Waals surface area contributed by atoms with Crippen molar-refractivity contribution in [2.45, 2.75) is 45.3 Å². The van der Waals surface area contributed by atoms with Gasteiger partial charge in [-0.05, 0) is 44.4 Å². The summed E-state index contributed by atoms with van der Waals surface area (Å²) >= 11 is 0. The Bertz CT molecular complexity index is 584. The Kier molecular flexibility index (Phi) is 6.66. The van der Waals surface area contributed by atoms with Crippen LogP contribution in [-0.2, 0) is 6.54 Å². The molecule has 0 aliphatic heterocycles. The highest BCUT2D eigenvalue weighted by Gasteiger charge is 2.11. The number of hydrogen-bond donors (Lipinski definition) is 4. The number of anilines is 1. The summed E-state index contributed by atoms with van der Waals surface area (Å²) in [5.41, 5.74) is 1.90. The molecule has 0 atom stereocenters. The van der Waals surface area contributed by atoms with E-state index in [1.165, 1.54) is 0 Å². The first-order valence-corrected chi connectivity index (χ1v) is 8.35. The average molecular weight is 329 g/mol. The van der Waals surface area contributed by atoms with Crippen LogP contribution in [0.15, 0.2) is 41.4 Å². The van der Waals surface area contributed by atoms with Crippen LogP contribution in [0.5, 0.6) is 0 Å². The first-order chi connectivity index (χ1) is 11.6. The maximum absolute atomic E-state index is 11.7. The van der Waals surface area contributed by atoms with Crippen molar-refractivity contribution in [2.75, 3.05) is 12.4 Å². The van der Waals surface area contributed by atoms with E-state index in [0.717, 1.165) is 30.1 Å². The SMILES string of the molecule is CN=C(NCc1ccc(NC(=O)NC(C)C)cc1)NC1CC=CC1. The second-order valence-electron chi connectivity index (χ2n) is 6.16. The van der Waals surface area contributed by atoms with Crippen LogP contribution in [-0.4, -0.2) is 31.1 Å². The topological polar surface area (TPSA) is 77.5 Å². The third-order valence-electron chi connectivity index (χ3n) is 3.66. The quantitative estimate of drug-likeness (QED) is 0.381. The lowest BCUT2D eigenvalue weighted by molar-refractivity contribution is 0.250. The first kappa shape index (κ1) is 17.8.